The van der Waals surface area contributed by atoms with Crippen molar-refractivity contribution in [3.05, 3.63) is 0 Å². The second kappa shape index (κ2) is 6.85. The molecule has 2 fully saturated rings. The van der Waals surface area contributed by atoms with Crippen molar-refractivity contribution in [1.82, 2.24) is 9.80 Å². The van der Waals surface area contributed by atoms with Crippen LogP contribution in [0.4, 0.5) is 0 Å². The third-order valence-corrected chi connectivity index (χ3v) is 4.50. The van der Waals surface area contributed by atoms with Gasteiger partial charge in [0.25, 0.3) is 0 Å². The van der Waals surface area contributed by atoms with Gasteiger partial charge in [-0.25, -0.2) is 0 Å². The van der Waals surface area contributed by atoms with E-state index in [-0.39, 0.29) is 0 Å². The van der Waals surface area contributed by atoms with E-state index in [1.54, 1.807) is 0 Å². The van der Waals surface area contributed by atoms with Crippen LogP contribution in [0.2, 0.25) is 0 Å². The molecule has 0 aromatic carbocycles. The monoisotopic (exact) mass is 255 g/mol. The Labute approximate surface area is 111 Å². The fourth-order valence-electron chi connectivity index (χ4n) is 3.39. The third-order valence-electron chi connectivity index (χ3n) is 4.50. The maximum Gasteiger partial charge on any atom is 0.0707 e. The average molecular weight is 255 g/mol. The summed E-state index contributed by atoms with van der Waals surface area (Å²) in [5, 5.41) is 0. The zero-order valence-corrected chi connectivity index (χ0v) is 12.0. The summed E-state index contributed by atoms with van der Waals surface area (Å²) in [4.78, 5) is 5.16. The molecule has 0 saturated carbocycles. The predicted octanol–water partition coefficient (Wildman–Crippen LogP) is 0.909. The van der Waals surface area contributed by atoms with E-state index in [0.717, 1.165) is 19.0 Å². The number of ether oxygens (including phenoxy) is 1. The highest BCUT2D eigenvalue weighted by Gasteiger charge is 2.30. The van der Waals surface area contributed by atoms with E-state index in [1.165, 1.54) is 39.0 Å². The van der Waals surface area contributed by atoms with Crippen LogP contribution in [0.15, 0.2) is 0 Å². The first-order valence-electron chi connectivity index (χ1n) is 7.58. The third kappa shape index (κ3) is 3.44. The second-order valence-corrected chi connectivity index (χ2v) is 5.62. The summed E-state index contributed by atoms with van der Waals surface area (Å²) in [7, 11) is 0. The molecular formula is C14H29N3O. The molecule has 18 heavy (non-hydrogen) atoms. The molecular weight excluding hydrogens is 226 g/mol. The van der Waals surface area contributed by atoms with E-state index in [1.807, 2.05) is 0 Å². The standard InChI is InChI=1S/C14H29N3O/c1-3-17(4-2)12-7-8-16(10-12)11-14-6-5-13(9-15)18-14/h12-14H,3-11,15H2,1-2H3. The van der Waals surface area contributed by atoms with Crippen LogP contribution in [0.5, 0.6) is 0 Å². The number of likely N-dealkylation sites (N-methyl/N-ethyl adjacent to an activating group) is 1. The highest BCUT2D eigenvalue weighted by atomic mass is 16.5. The first kappa shape index (κ1) is 14.3. The molecule has 106 valence electrons. The Kier molecular flexibility index (Phi) is 5.42. The van der Waals surface area contributed by atoms with Crippen LogP contribution in [0.1, 0.15) is 33.1 Å². The second-order valence-electron chi connectivity index (χ2n) is 5.62. The smallest absolute Gasteiger partial charge is 0.0707 e. The summed E-state index contributed by atoms with van der Waals surface area (Å²) in [6, 6.07) is 0.756. The number of hydrogen-bond donors (Lipinski definition) is 1. The Morgan fingerprint density at radius 2 is 1.89 bits per heavy atom. The van der Waals surface area contributed by atoms with Gasteiger partial charge in [-0.2, -0.15) is 0 Å². The van der Waals surface area contributed by atoms with Gasteiger partial charge >= 0.3 is 0 Å². The summed E-state index contributed by atoms with van der Waals surface area (Å²) in [5.74, 6) is 0. The van der Waals surface area contributed by atoms with Crippen molar-refractivity contribution in [2.45, 2.75) is 51.4 Å². The van der Waals surface area contributed by atoms with Gasteiger partial charge < -0.3 is 10.5 Å². The zero-order chi connectivity index (χ0) is 13.0. The molecule has 3 unspecified atom stereocenters. The Bertz CT molecular complexity index is 245. The number of nitrogens with zero attached hydrogens (tertiary/aromatic N) is 2. The van der Waals surface area contributed by atoms with Gasteiger partial charge in [0, 0.05) is 25.7 Å². The Balaban J connectivity index is 1.73. The Morgan fingerprint density at radius 1 is 1.17 bits per heavy atom. The molecule has 2 aliphatic rings. The van der Waals surface area contributed by atoms with Crippen LogP contribution >= 0.6 is 0 Å². The van der Waals surface area contributed by atoms with Crippen LogP contribution in [-0.2, 0) is 4.74 Å². The minimum absolute atomic E-state index is 0.316. The maximum atomic E-state index is 5.94. The van der Waals surface area contributed by atoms with Crippen LogP contribution in [-0.4, -0.2) is 67.3 Å². The van der Waals surface area contributed by atoms with Crippen LogP contribution in [0, 0.1) is 0 Å². The maximum absolute atomic E-state index is 5.94. The lowest BCUT2D eigenvalue weighted by Crippen LogP contribution is -2.39. The molecule has 0 aromatic heterocycles. The van der Waals surface area contributed by atoms with Gasteiger partial charge in [0.1, 0.15) is 0 Å². The van der Waals surface area contributed by atoms with Crippen molar-refractivity contribution in [2.24, 2.45) is 5.73 Å². The largest absolute Gasteiger partial charge is 0.372 e. The predicted molar refractivity (Wildman–Crippen MR) is 74.7 cm³/mol. The van der Waals surface area contributed by atoms with Crippen molar-refractivity contribution in [3.8, 4) is 0 Å². The summed E-state index contributed by atoms with van der Waals surface area (Å²) >= 11 is 0. The molecule has 2 saturated heterocycles. The van der Waals surface area contributed by atoms with E-state index < -0.39 is 0 Å². The van der Waals surface area contributed by atoms with Gasteiger partial charge in [-0.15, -0.1) is 0 Å². The molecule has 0 aromatic rings. The van der Waals surface area contributed by atoms with E-state index in [2.05, 4.69) is 23.6 Å². The molecule has 2 rings (SSSR count). The van der Waals surface area contributed by atoms with Crippen molar-refractivity contribution in [2.75, 3.05) is 39.3 Å². The normalized spacial score (nSPS) is 33.7. The van der Waals surface area contributed by atoms with Crippen LogP contribution in [0.25, 0.3) is 0 Å². The summed E-state index contributed by atoms with van der Waals surface area (Å²) in [5.41, 5.74) is 5.66. The van der Waals surface area contributed by atoms with E-state index in [0.29, 0.717) is 18.8 Å². The minimum atomic E-state index is 0.316. The van der Waals surface area contributed by atoms with Gasteiger partial charge in [-0.1, -0.05) is 13.8 Å². The molecule has 0 amide bonds. The van der Waals surface area contributed by atoms with E-state index in [9.17, 15) is 0 Å². The molecule has 4 nitrogen and oxygen atoms in total. The van der Waals surface area contributed by atoms with Gasteiger partial charge in [-0.05, 0) is 38.9 Å². The van der Waals surface area contributed by atoms with Crippen LogP contribution < -0.4 is 5.73 Å². The van der Waals surface area contributed by atoms with Gasteiger partial charge in [0.15, 0.2) is 0 Å². The fraction of sp³-hybridized carbons (Fsp3) is 1.00. The van der Waals surface area contributed by atoms with Crippen molar-refractivity contribution in [1.29, 1.82) is 0 Å². The minimum Gasteiger partial charge on any atom is -0.372 e. The molecule has 4 heteroatoms. The highest BCUT2D eigenvalue weighted by Crippen LogP contribution is 2.22. The van der Waals surface area contributed by atoms with Crippen molar-refractivity contribution >= 4 is 0 Å². The molecule has 2 N–H and O–H groups in total. The molecule has 2 aliphatic heterocycles. The fourth-order valence-corrected chi connectivity index (χ4v) is 3.39. The average Bonchev–Trinajstić information content (AvgIpc) is 3.01. The number of hydrogen-bond acceptors (Lipinski definition) is 4. The molecule has 0 spiro atoms. The molecule has 0 radical (unpaired) electrons. The van der Waals surface area contributed by atoms with Crippen LogP contribution in [0.3, 0.4) is 0 Å². The van der Waals surface area contributed by atoms with E-state index in [4.69, 9.17) is 10.5 Å². The van der Waals surface area contributed by atoms with Crippen molar-refractivity contribution in [3.63, 3.8) is 0 Å². The quantitative estimate of drug-likeness (QED) is 0.766. The summed E-state index contributed by atoms with van der Waals surface area (Å²) in [6.45, 7) is 11.1. The molecule has 0 aliphatic carbocycles. The first-order chi connectivity index (χ1) is 8.76. The topological polar surface area (TPSA) is 41.7 Å². The lowest BCUT2D eigenvalue weighted by Gasteiger charge is -2.27. The SMILES string of the molecule is CCN(CC)C1CCN(CC2CCC(CN)O2)C1. The Morgan fingerprint density at radius 3 is 2.50 bits per heavy atom. The number of likely N-dealkylation sites (tertiary alicyclic amines) is 1. The molecule has 3 atom stereocenters. The van der Waals surface area contributed by atoms with Gasteiger partial charge in [0.2, 0.25) is 0 Å². The highest BCUT2D eigenvalue weighted by molar-refractivity contribution is 4.85. The first-order valence-corrected chi connectivity index (χ1v) is 7.58. The summed E-state index contributed by atoms with van der Waals surface area (Å²) < 4.78 is 5.94. The lowest BCUT2D eigenvalue weighted by molar-refractivity contribution is 0.0301. The Hall–Kier alpha value is -0.160. The van der Waals surface area contributed by atoms with Gasteiger partial charge in [-0.3, -0.25) is 9.80 Å². The lowest BCUT2D eigenvalue weighted by atomic mass is 10.2. The molecule has 2 heterocycles. The number of nitrogens with two attached hydrogens (primary N) is 1. The summed E-state index contributed by atoms with van der Waals surface area (Å²) in [6.07, 6.45) is 4.39. The van der Waals surface area contributed by atoms with Crippen molar-refractivity contribution < 1.29 is 4.74 Å². The van der Waals surface area contributed by atoms with Gasteiger partial charge in [0.05, 0.1) is 12.2 Å². The zero-order valence-electron chi connectivity index (χ0n) is 12.0. The molecule has 0 bridgehead atoms. The number of rotatable bonds is 6. The van der Waals surface area contributed by atoms with E-state index >= 15 is 0 Å².